The zero-order valence-electron chi connectivity index (χ0n) is 17.3. The molecule has 1 atom stereocenters. The van der Waals surface area contributed by atoms with Crippen LogP contribution in [0.2, 0.25) is 0 Å². The molecule has 0 spiro atoms. The lowest BCUT2D eigenvalue weighted by molar-refractivity contribution is -0.246. The van der Waals surface area contributed by atoms with Crippen LogP contribution in [0.1, 0.15) is 29.5 Å². The minimum atomic E-state index is -4.86. The van der Waals surface area contributed by atoms with Crippen molar-refractivity contribution < 1.29 is 18.3 Å². The van der Waals surface area contributed by atoms with Crippen LogP contribution in [0.25, 0.3) is 22.3 Å². The predicted molar refractivity (Wildman–Crippen MR) is 113 cm³/mol. The Hall–Kier alpha value is -3.33. The van der Waals surface area contributed by atoms with E-state index in [1.807, 2.05) is 12.3 Å². The molecular weight excluding hydrogens is 419 g/mol. The molecule has 0 saturated carbocycles. The fourth-order valence-electron chi connectivity index (χ4n) is 4.47. The fourth-order valence-corrected chi connectivity index (χ4v) is 4.47. The second-order valence-electron chi connectivity index (χ2n) is 8.04. The molecule has 2 heterocycles. The summed E-state index contributed by atoms with van der Waals surface area (Å²) in [6, 6.07) is 9.42. The van der Waals surface area contributed by atoms with Gasteiger partial charge in [0.1, 0.15) is 5.84 Å². The van der Waals surface area contributed by atoms with Gasteiger partial charge >= 0.3 is 6.18 Å². The molecule has 1 N–H and O–H groups in total. The molecule has 0 bridgehead atoms. The molecule has 164 valence electrons. The van der Waals surface area contributed by atoms with Gasteiger partial charge in [-0.05, 0) is 30.0 Å². The van der Waals surface area contributed by atoms with Crippen molar-refractivity contribution in [2.75, 3.05) is 6.67 Å². The number of azo groups is 1. The Labute approximate surface area is 182 Å². The lowest BCUT2D eigenvalue weighted by Crippen LogP contribution is -2.41. The van der Waals surface area contributed by atoms with Crippen molar-refractivity contribution in [3.05, 3.63) is 65.5 Å². The molecule has 0 amide bonds. The van der Waals surface area contributed by atoms with E-state index < -0.39 is 11.8 Å². The normalized spacial score (nSPS) is 19.2. The number of nitrogens with zero attached hydrogens (tertiary/aromatic N) is 5. The number of aliphatic imine (C=N–C) groups is 1. The van der Waals surface area contributed by atoms with Crippen LogP contribution >= 0.6 is 0 Å². The number of aromatic nitrogens is 2. The first-order chi connectivity index (χ1) is 15.3. The summed E-state index contributed by atoms with van der Waals surface area (Å²) in [5.41, 5.74) is -0.608. The van der Waals surface area contributed by atoms with Gasteiger partial charge in [-0.3, -0.25) is 4.68 Å². The number of fused-ring (bicyclic) bond motifs is 3. The summed E-state index contributed by atoms with van der Waals surface area (Å²) in [6.45, 7) is 2.72. The first-order valence-electron chi connectivity index (χ1n) is 10.3. The van der Waals surface area contributed by atoms with Crippen LogP contribution in [0, 0.1) is 6.92 Å². The van der Waals surface area contributed by atoms with Crippen molar-refractivity contribution in [1.82, 2.24) is 9.78 Å². The summed E-state index contributed by atoms with van der Waals surface area (Å²) in [4.78, 5) is 4.16. The maximum absolute atomic E-state index is 14.1. The van der Waals surface area contributed by atoms with E-state index in [9.17, 15) is 18.3 Å². The molecule has 3 aromatic rings. The molecule has 5 rings (SSSR count). The first kappa shape index (κ1) is 20.6. The molecule has 2 aromatic carbocycles. The van der Waals surface area contributed by atoms with Crippen LogP contribution in [-0.4, -0.2) is 33.6 Å². The van der Waals surface area contributed by atoms with Crippen molar-refractivity contribution in [3.63, 3.8) is 0 Å². The Morgan fingerprint density at radius 2 is 1.94 bits per heavy atom. The lowest BCUT2D eigenvalue weighted by Gasteiger charge is -2.28. The number of hydrogen-bond acceptors (Lipinski definition) is 5. The number of aryl methyl sites for hydroxylation is 2. The van der Waals surface area contributed by atoms with E-state index in [1.165, 1.54) is 18.2 Å². The van der Waals surface area contributed by atoms with Crippen molar-refractivity contribution in [2.45, 2.75) is 38.1 Å². The molecule has 1 aliphatic heterocycles. The van der Waals surface area contributed by atoms with E-state index in [0.717, 1.165) is 12.3 Å². The number of hydrogen-bond donors (Lipinski definition) is 1. The van der Waals surface area contributed by atoms with Crippen molar-refractivity contribution in [3.8, 4) is 22.3 Å². The van der Waals surface area contributed by atoms with E-state index in [1.54, 1.807) is 29.9 Å². The summed E-state index contributed by atoms with van der Waals surface area (Å²) in [5, 5.41) is 23.1. The number of alkyl halides is 3. The Bertz CT molecular complexity index is 1260. The molecule has 1 unspecified atom stereocenters. The summed E-state index contributed by atoms with van der Waals surface area (Å²) >= 11 is 0. The van der Waals surface area contributed by atoms with E-state index in [4.69, 9.17) is 0 Å². The summed E-state index contributed by atoms with van der Waals surface area (Å²) < 4.78 is 44.2. The molecule has 1 aromatic heterocycles. The van der Waals surface area contributed by atoms with Gasteiger partial charge in [-0.1, -0.05) is 42.0 Å². The Kier molecular flexibility index (Phi) is 4.74. The van der Waals surface area contributed by atoms with Crippen LogP contribution in [0.15, 0.2) is 64.0 Å². The maximum atomic E-state index is 14.1. The summed E-state index contributed by atoms with van der Waals surface area (Å²) in [5.74, 6) is 0.719. The summed E-state index contributed by atoms with van der Waals surface area (Å²) in [7, 11) is 0. The van der Waals surface area contributed by atoms with Gasteiger partial charge in [0.15, 0.2) is 6.67 Å². The second kappa shape index (κ2) is 7.37. The lowest BCUT2D eigenvalue weighted by atomic mass is 9.88. The van der Waals surface area contributed by atoms with E-state index >= 15 is 0 Å². The number of aliphatic hydroxyl groups is 1. The molecule has 0 saturated heterocycles. The van der Waals surface area contributed by atoms with Crippen molar-refractivity contribution >= 4 is 5.84 Å². The highest BCUT2D eigenvalue weighted by Crippen LogP contribution is 2.57. The average Bonchev–Trinajstić information content (AvgIpc) is 3.48. The largest absolute Gasteiger partial charge is 0.425 e. The van der Waals surface area contributed by atoms with Gasteiger partial charge in [0.2, 0.25) is 5.60 Å². The fraction of sp³-hybridized carbons (Fsp3) is 0.304. The van der Waals surface area contributed by atoms with Gasteiger partial charge in [-0.2, -0.15) is 23.4 Å². The molecule has 0 fully saturated rings. The summed E-state index contributed by atoms with van der Waals surface area (Å²) in [6.07, 6.45) is 0.0615. The highest BCUT2D eigenvalue weighted by atomic mass is 19.4. The molecule has 6 nitrogen and oxygen atoms in total. The Morgan fingerprint density at radius 3 is 2.69 bits per heavy atom. The Morgan fingerprint density at radius 1 is 1.12 bits per heavy atom. The first-order valence-corrected chi connectivity index (χ1v) is 10.3. The van der Waals surface area contributed by atoms with Crippen LogP contribution in [0.5, 0.6) is 0 Å². The smallest absolute Gasteiger partial charge is 0.372 e. The molecule has 1 aliphatic carbocycles. The number of rotatable bonds is 5. The van der Waals surface area contributed by atoms with E-state index in [0.29, 0.717) is 47.5 Å². The molecular formula is C23H20F3N5O. The third-order valence-corrected chi connectivity index (χ3v) is 5.90. The maximum Gasteiger partial charge on any atom is 0.425 e. The van der Waals surface area contributed by atoms with Crippen molar-refractivity contribution in [2.24, 2.45) is 15.2 Å². The van der Waals surface area contributed by atoms with Crippen LogP contribution in [0.3, 0.4) is 0 Å². The monoisotopic (exact) mass is 439 g/mol. The second-order valence-corrected chi connectivity index (χ2v) is 8.04. The zero-order chi connectivity index (χ0) is 22.5. The highest BCUT2D eigenvalue weighted by Gasteiger charge is 2.61. The number of benzene rings is 2. The average molecular weight is 439 g/mol. The molecule has 0 radical (unpaired) electrons. The minimum absolute atomic E-state index is 0.140. The third-order valence-electron chi connectivity index (χ3n) is 5.90. The van der Waals surface area contributed by atoms with Gasteiger partial charge in [0, 0.05) is 35.9 Å². The van der Waals surface area contributed by atoms with Gasteiger partial charge in [0.05, 0.1) is 6.20 Å². The quantitative estimate of drug-likeness (QED) is 0.590. The van der Waals surface area contributed by atoms with Crippen LogP contribution in [-0.2, 0) is 12.1 Å². The van der Waals surface area contributed by atoms with Gasteiger partial charge in [0.25, 0.3) is 0 Å². The van der Waals surface area contributed by atoms with Gasteiger partial charge < -0.3 is 5.11 Å². The molecule has 9 heteroatoms. The third kappa shape index (κ3) is 3.15. The SMILES string of the molecule is Cc1cc(-c2cnn(CCCC3=NCN=N3)c2)c2c(c1)C(O)(C(F)(F)F)c1ccccc1-2. The van der Waals surface area contributed by atoms with Gasteiger partial charge in [-0.15, -0.1) is 5.11 Å². The van der Waals surface area contributed by atoms with Gasteiger partial charge in [-0.25, -0.2) is 4.99 Å². The zero-order valence-corrected chi connectivity index (χ0v) is 17.3. The van der Waals surface area contributed by atoms with E-state index in [-0.39, 0.29) is 11.1 Å². The number of amidine groups is 1. The Balaban J connectivity index is 1.55. The van der Waals surface area contributed by atoms with Crippen LogP contribution in [0.4, 0.5) is 13.2 Å². The number of halogens is 3. The van der Waals surface area contributed by atoms with Crippen LogP contribution < -0.4 is 0 Å². The predicted octanol–water partition coefficient (Wildman–Crippen LogP) is 5.24. The highest BCUT2D eigenvalue weighted by molar-refractivity contribution is 5.92. The topological polar surface area (TPSA) is 75.1 Å². The van der Waals surface area contributed by atoms with Crippen molar-refractivity contribution in [1.29, 1.82) is 0 Å². The molecule has 32 heavy (non-hydrogen) atoms. The van der Waals surface area contributed by atoms with E-state index in [2.05, 4.69) is 20.3 Å². The minimum Gasteiger partial charge on any atom is -0.372 e. The standard InChI is InChI=1S/C23H20F3N5O/c1-14-9-17(15-11-29-31(12-15)8-4-7-20-27-13-28-30-20)21-16-5-2-3-6-18(16)22(32,19(21)10-14)23(24,25)26/h2-3,5-6,9-12,32H,4,7-8,13H2,1H3. The molecule has 2 aliphatic rings.